The van der Waals surface area contributed by atoms with Crippen molar-refractivity contribution in [1.29, 1.82) is 0 Å². The highest BCUT2D eigenvalue weighted by Gasteiger charge is 2.15. The van der Waals surface area contributed by atoms with Crippen LogP contribution in [0.3, 0.4) is 0 Å². The summed E-state index contributed by atoms with van der Waals surface area (Å²) >= 11 is 0. The lowest BCUT2D eigenvalue weighted by Gasteiger charge is -2.22. The van der Waals surface area contributed by atoms with Gasteiger partial charge >= 0.3 is 5.97 Å². The number of para-hydroxylation sites is 2. The van der Waals surface area contributed by atoms with Crippen LogP contribution in [0.1, 0.15) is 17.3 Å². The molecule has 0 aliphatic rings. The van der Waals surface area contributed by atoms with Crippen LogP contribution in [0.15, 0.2) is 54.6 Å². The third kappa shape index (κ3) is 4.32. The highest BCUT2D eigenvalue weighted by atomic mass is 16.5. The van der Waals surface area contributed by atoms with E-state index < -0.39 is 5.97 Å². The maximum absolute atomic E-state index is 12.3. The minimum atomic E-state index is -0.476. The molecule has 1 N–H and O–H groups in total. The average Bonchev–Trinajstić information content (AvgIpc) is 2.60. The summed E-state index contributed by atoms with van der Waals surface area (Å²) in [4.78, 5) is 26.0. The van der Waals surface area contributed by atoms with Gasteiger partial charge in [-0.2, -0.15) is 0 Å². The van der Waals surface area contributed by atoms with Gasteiger partial charge in [0.15, 0.2) is 0 Å². The van der Waals surface area contributed by atoms with E-state index in [9.17, 15) is 9.59 Å². The van der Waals surface area contributed by atoms with Crippen LogP contribution in [0, 0.1) is 0 Å². The molecule has 2 aromatic carbocycles. The van der Waals surface area contributed by atoms with Crippen molar-refractivity contribution in [3.63, 3.8) is 0 Å². The number of methoxy groups -OCH3 is 1. The number of hydrogen-bond donors (Lipinski definition) is 1. The van der Waals surface area contributed by atoms with Gasteiger partial charge in [0, 0.05) is 12.2 Å². The van der Waals surface area contributed by atoms with Crippen molar-refractivity contribution in [3.8, 4) is 0 Å². The standard InChI is InChI=1S/C18H20N2O3/c1-3-20(14-9-5-4-6-10-14)13-17(21)19-16-12-8-7-11-15(16)18(22)23-2/h4-12H,3,13H2,1-2H3,(H,19,21). The second-order valence-corrected chi connectivity index (χ2v) is 4.94. The lowest BCUT2D eigenvalue weighted by Crippen LogP contribution is -2.33. The minimum Gasteiger partial charge on any atom is -0.465 e. The van der Waals surface area contributed by atoms with E-state index in [4.69, 9.17) is 4.74 Å². The van der Waals surface area contributed by atoms with E-state index in [1.54, 1.807) is 24.3 Å². The Balaban J connectivity index is 2.09. The molecule has 0 saturated carbocycles. The van der Waals surface area contributed by atoms with Crippen molar-refractivity contribution in [2.75, 3.05) is 30.4 Å². The quantitative estimate of drug-likeness (QED) is 0.833. The van der Waals surface area contributed by atoms with Crippen molar-refractivity contribution < 1.29 is 14.3 Å². The highest BCUT2D eigenvalue weighted by Crippen LogP contribution is 2.17. The molecule has 0 aliphatic carbocycles. The Morgan fingerprint density at radius 3 is 2.35 bits per heavy atom. The molecule has 120 valence electrons. The number of carbonyl (C=O) groups is 2. The van der Waals surface area contributed by atoms with Crippen molar-refractivity contribution >= 4 is 23.3 Å². The van der Waals surface area contributed by atoms with Crippen molar-refractivity contribution in [2.24, 2.45) is 0 Å². The molecule has 5 nitrogen and oxygen atoms in total. The third-order valence-corrected chi connectivity index (χ3v) is 3.44. The van der Waals surface area contributed by atoms with Gasteiger partial charge in [-0.1, -0.05) is 30.3 Å². The molecule has 1 amide bonds. The molecule has 0 aromatic heterocycles. The predicted octanol–water partition coefficient (Wildman–Crippen LogP) is 2.94. The number of amides is 1. The number of ether oxygens (including phenoxy) is 1. The lowest BCUT2D eigenvalue weighted by molar-refractivity contribution is -0.115. The highest BCUT2D eigenvalue weighted by molar-refractivity contribution is 6.02. The van der Waals surface area contributed by atoms with Crippen LogP contribution in [0.25, 0.3) is 0 Å². The Hall–Kier alpha value is -2.82. The van der Waals surface area contributed by atoms with Gasteiger partial charge in [-0.3, -0.25) is 4.79 Å². The molecule has 0 unspecified atom stereocenters. The maximum atomic E-state index is 12.3. The molecule has 0 heterocycles. The summed E-state index contributed by atoms with van der Waals surface area (Å²) in [7, 11) is 1.31. The first kappa shape index (κ1) is 16.5. The molecule has 0 radical (unpaired) electrons. The number of nitrogens with one attached hydrogen (secondary N) is 1. The molecule has 2 rings (SSSR count). The van der Waals surface area contributed by atoms with E-state index in [2.05, 4.69) is 5.32 Å². The second-order valence-electron chi connectivity index (χ2n) is 4.94. The van der Waals surface area contributed by atoms with Crippen molar-refractivity contribution in [3.05, 3.63) is 60.2 Å². The third-order valence-electron chi connectivity index (χ3n) is 3.44. The summed E-state index contributed by atoms with van der Waals surface area (Å²) in [6.07, 6.45) is 0. The van der Waals surface area contributed by atoms with E-state index in [0.29, 0.717) is 17.8 Å². The average molecular weight is 312 g/mol. The first-order chi connectivity index (χ1) is 11.2. The fourth-order valence-electron chi connectivity index (χ4n) is 2.27. The number of rotatable bonds is 6. The monoisotopic (exact) mass is 312 g/mol. The van der Waals surface area contributed by atoms with Crippen LogP contribution in [0.2, 0.25) is 0 Å². The molecule has 23 heavy (non-hydrogen) atoms. The molecular weight excluding hydrogens is 292 g/mol. The summed E-state index contributed by atoms with van der Waals surface area (Å²) in [5, 5.41) is 2.78. The Bertz CT molecular complexity index is 671. The summed E-state index contributed by atoms with van der Waals surface area (Å²) in [5.74, 6) is -0.664. The summed E-state index contributed by atoms with van der Waals surface area (Å²) in [6.45, 7) is 2.90. The van der Waals surface area contributed by atoms with Gasteiger partial charge in [-0.05, 0) is 31.2 Å². The smallest absolute Gasteiger partial charge is 0.339 e. The molecule has 0 bridgehead atoms. The first-order valence-corrected chi connectivity index (χ1v) is 7.43. The molecular formula is C18H20N2O3. The van der Waals surface area contributed by atoms with E-state index in [-0.39, 0.29) is 12.5 Å². The predicted molar refractivity (Wildman–Crippen MR) is 90.7 cm³/mol. The minimum absolute atomic E-state index is 0.188. The number of anilines is 2. The van der Waals surface area contributed by atoms with Crippen LogP contribution in [-0.2, 0) is 9.53 Å². The number of nitrogens with zero attached hydrogens (tertiary/aromatic N) is 1. The van der Waals surface area contributed by atoms with Gasteiger partial charge in [0.2, 0.25) is 5.91 Å². The van der Waals surface area contributed by atoms with Gasteiger partial charge in [-0.15, -0.1) is 0 Å². The van der Waals surface area contributed by atoms with Gasteiger partial charge in [0.1, 0.15) is 0 Å². The molecule has 0 spiro atoms. The number of carbonyl (C=O) groups excluding carboxylic acids is 2. The van der Waals surface area contributed by atoms with Crippen LogP contribution < -0.4 is 10.2 Å². The fraction of sp³-hybridized carbons (Fsp3) is 0.222. The van der Waals surface area contributed by atoms with E-state index in [1.165, 1.54) is 7.11 Å². The Morgan fingerprint density at radius 2 is 1.70 bits per heavy atom. The zero-order chi connectivity index (χ0) is 16.7. The zero-order valence-electron chi connectivity index (χ0n) is 13.3. The van der Waals surface area contributed by atoms with Crippen molar-refractivity contribution in [1.82, 2.24) is 0 Å². The van der Waals surface area contributed by atoms with Crippen LogP contribution in [0.4, 0.5) is 11.4 Å². The fourth-order valence-corrected chi connectivity index (χ4v) is 2.27. The van der Waals surface area contributed by atoms with E-state index >= 15 is 0 Å². The number of benzene rings is 2. The second kappa shape index (κ2) is 7.98. The summed E-state index contributed by atoms with van der Waals surface area (Å²) in [5.41, 5.74) is 1.77. The Labute approximate surface area is 135 Å². The first-order valence-electron chi connectivity index (χ1n) is 7.43. The molecule has 0 saturated heterocycles. The SMILES string of the molecule is CCN(CC(=O)Nc1ccccc1C(=O)OC)c1ccccc1. The van der Waals surface area contributed by atoms with Crippen LogP contribution in [0.5, 0.6) is 0 Å². The van der Waals surface area contributed by atoms with E-state index in [1.807, 2.05) is 42.2 Å². The number of hydrogen-bond acceptors (Lipinski definition) is 4. The topological polar surface area (TPSA) is 58.6 Å². The molecule has 0 atom stereocenters. The summed E-state index contributed by atoms with van der Waals surface area (Å²) in [6, 6.07) is 16.5. The van der Waals surface area contributed by atoms with Gasteiger partial charge in [0.25, 0.3) is 0 Å². The molecule has 2 aromatic rings. The normalized spacial score (nSPS) is 10.0. The molecule has 0 fully saturated rings. The largest absolute Gasteiger partial charge is 0.465 e. The summed E-state index contributed by atoms with van der Waals surface area (Å²) < 4.78 is 4.73. The molecule has 5 heteroatoms. The van der Waals surface area contributed by atoms with Gasteiger partial charge in [0.05, 0.1) is 24.9 Å². The van der Waals surface area contributed by atoms with Crippen molar-refractivity contribution in [2.45, 2.75) is 6.92 Å². The van der Waals surface area contributed by atoms with Gasteiger partial charge < -0.3 is 15.0 Å². The van der Waals surface area contributed by atoms with E-state index in [0.717, 1.165) is 5.69 Å². The molecule has 0 aliphatic heterocycles. The lowest BCUT2D eigenvalue weighted by atomic mass is 10.2. The van der Waals surface area contributed by atoms with Crippen LogP contribution >= 0.6 is 0 Å². The maximum Gasteiger partial charge on any atom is 0.339 e. The van der Waals surface area contributed by atoms with Gasteiger partial charge in [-0.25, -0.2) is 4.79 Å². The Morgan fingerprint density at radius 1 is 1.04 bits per heavy atom. The Kier molecular flexibility index (Phi) is 5.74. The number of likely N-dealkylation sites (N-methyl/N-ethyl adjacent to an activating group) is 1. The van der Waals surface area contributed by atoms with Crippen LogP contribution in [-0.4, -0.2) is 32.1 Å². The number of esters is 1. The zero-order valence-corrected chi connectivity index (χ0v) is 13.3.